The van der Waals surface area contributed by atoms with Crippen LogP contribution in [0.1, 0.15) is 51.9 Å². The molecule has 5 nitrogen and oxygen atoms in total. The van der Waals surface area contributed by atoms with Crippen LogP contribution >= 0.6 is 0 Å². The largest absolute Gasteiger partial charge is 0.382 e. The zero-order chi connectivity index (χ0) is 15.8. The SMILES string of the molecule is CC[C@@H]1CCC[C@@H](NC(=O)N2CCC(OCCOC)CC2)C1. The number of methoxy groups -OCH3 is 1. The van der Waals surface area contributed by atoms with Crippen LogP contribution in [-0.2, 0) is 9.47 Å². The Morgan fingerprint density at radius 2 is 1.95 bits per heavy atom. The van der Waals surface area contributed by atoms with Crippen molar-refractivity contribution in [1.29, 1.82) is 0 Å². The molecule has 1 aliphatic heterocycles. The summed E-state index contributed by atoms with van der Waals surface area (Å²) in [6, 6.07) is 0.499. The third-order valence-electron chi connectivity index (χ3n) is 5.06. The highest BCUT2D eigenvalue weighted by Crippen LogP contribution is 2.26. The fourth-order valence-electron chi connectivity index (χ4n) is 3.58. The fourth-order valence-corrected chi connectivity index (χ4v) is 3.58. The van der Waals surface area contributed by atoms with E-state index in [0.29, 0.717) is 19.3 Å². The molecule has 0 spiro atoms. The standard InChI is InChI=1S/C17H32N2O3/c1-3-14-5-4-6-15(13-14)18-17(20)19-9-7-16(8-10-19)22-12-11-21-2/h14-16H,3-13H2,1-2H3,(H,18,20)/t14-,15-/m1/s1. The summed E-state index contributed by atoms with van der Waals surface area (Å²) in [5.74, 6) is 0.791. The average Bonchev–Trinajstić information content (AvgIpc) is 2.56. The van der Waals surface area contributed by atoms with E-state index in [1.54, 1.807) is 7.11 Å². The van der Waals surface area contributed by atoms with E-state index in [1.807, 2.05) is 4.90 Å². The van der Waals surface area contributed by atoms with E-state index in [0.717, 1.165) is 44.7 Å². The van der Waals surface area contributed by atoms with Crippen LogP contribution < -0.4 is 5.32 Å². The third-order valence-corrected chi connectivity index (χ3v) is 5.06. The highest BCUT2D eigenvalue weighted by atomic mass is 16.5. The summed E-state index contributed by atoms with van der Waals surface area (Å²) in [4.78, 5) is 14.3. The van der Waals surface area contributed by atoms with Gasteiger partial charge in [-0.05, 0) is 31.6 Å². The summed E-state index contributed by atoms with van der Waals surface area (Å²) in [7, 11) is 1.69. The van der Waals surface area contributed by atoms with Crippen LogP contribution in [0, 0.1) is 5.92 Å². The average molecular weight is 312 g/mol. The number of amides is 2. The van der Waals surface area contributed by atoms with Gasteiger partial charge in [-0.3, -0.25) is 0 Å². The lowest BCUT2D eigenvalue weighted by atomic mass is 9.84. The molecule has 2 rings (SSSR count). The van der Waals surface area contributed by atoms with Crippen LogP contribution in [0.25, 0.3) is 0 Å². The Morgan fingerprint density at radius 3 is 2.64 bits per heavy atom. The fraction of sp³-hybridized carbons (Fsp3) is 0.941. The highest BCUT2D eigenvalue weighted by Gasteiger charge is 2.27. The molecule has 0 bridgehead atoms. The van der Waals surface area contributed by atoms with Gasteiger partial charge >= 0.3 is 6.03 Å². The number of nitrogens with zero attached hydrogens (tertiary/aromatic N) is 1. The molecule has 1 N–H and O–H groups in total. The lowest BCUT2D eigenvalue weighted by molar-refractivity contribution is -0.00940. The van der Waals surface area contributed by atoms with E-state index in [2.05, 4.69) is 12.2 Å². The lowest BCUT2D eigenvalue weighted by Gasteiger charge is -2.35. The third kappa shape index (κ3) is 5.43. The first-order valence-electron chi connectivity index (χ1n) is 8.89. The Bertz CT molecular complexity index is 330. The summed E-state index contributed by atoms with van der Waals surface area (Å²) < 4.78 is 10.7. The smallest absolute Gasteiger partial charge is 0.317 e. The molecule has 1 saturated heterocycles. The second-order valence-electron chi connectivity index (χ2n) is 6.64. The number of urea groups is 1. The number of rotatable bonds is 6. The van der Waals surface area contributed by atoms with Crippen LogP contribution in [0.5, 0.6) is 0 Å². The van der Waals surface area contributed by atoms with Crippen molar-refractivity contribution in [3.05, 3.63) is 0 Å². The zero-order valence-electron chi connectivity index (χ0n) is 14.2. The van der Waals surface area contributed by atoms with Gasteiger partial charge in [0.25, 0.3) is 0 Å². The minimum Gasteiger partial charge on any atom is -0.382 e. The quantitative estimate of drug-likeness (QED) is 0.767. The molecule has 0 aromatic rings. The molecule has 2 amide bonds. The maximum absolute atomic E-state index is 12.4. The van der Waals surface area contributed by atoms with Crippen molar-refractivity contribution in [2.75, 3.05) is 33.4 Å². The molecular weight excluding hydrogens is 280 g/mol. The van der Waals surface area contributed by atoms with E-state index in [1.165, 1.54) is 19.3 Å². The molecule has 1 saturated carbocycles. The molecule has 0 unspecified atom stereocenters. The lowest BCUT2D eigenvalue weighted by Crippen LogP contribution is -2.49. The summed E-state index contributed by atoms with van der Waals surface area (Å²) in [5.41, 5.74) is 0. The van der Waals surface area contributed by atoms with Gasteiger partial charge in [-0.25, -0.2) is 4.79 Å². The van der Waals surface area contributed by atoms with Crippen molar-refractivity contribution < 1.29 is 14.3 Å². The maximum atomic E-state index is 12.4. The molecule has 2 aliphatic rings. The van der Waals surface area contributed by atoms with Crippen LogP contribution in [-0.4, -0.2) is 56.5 Å². The summed E-state index contributed by atoms with van der Waals surface area (Å²) in [6.45, 7) is 5.14. The molecule has 1 aliphatic carbocycles. The van der Waals surface area contributed by atoms with Crippen molar-refractivity contribution >= 4 is 6.03 Å². The Balaban J connectivity index is 1.66. The maximum Gasteiger partial charge on any atom is 0.317 e. The van der Waals surface area contributed by atoms with Crippen LogP contribution in [0.15, 0.2) is 0 Å². The molecule has 128 valence electrons. The van der Waals surface area contributed by atoms with Crippen LogP contribution in [0.2, 0.25) is 0 Å². The van der Waals surface area contributed by atoms with Crippen molar-refractivity contribution in [2.24, 2.45) is 5.92 Å². The number of ether oxygens (including phenoxy) is 2. The van der Waals surface area contributed by atoms with Gasteiger partial charge in [-0.15, -0.1) is 0 Å². The summed E-state index contributed by atoms with van der Waals surface area (Å²) in [6.07, 6.45) is 8.23. The molecule has 2 fully saturated rings. The Kier molecular flexibility index (Phi) is 7.46. The minimum atomic E-state index is 0.122. The Hall–Kier alpha value is -0.810. The normalized spacial score (nSPS) is 26.9. The van der Waals surface area contributed by atoms with Crippen molar-refractivity contribution in [2.45, 2.75) is 64.0 Å². The van der Waals surface area contributed by atoms with Gasteiger partial charge in [0, 0.05) is 26.2 Å². The number of hydrogen-bond donors (Lipinski definition) is 1. The first-order valence-corrected chi connectivity index (χ1v) is 8.89. The zero-order valence-corrected chi connectivity index (χ0v) is 14.2. The van der Waals surface area contributed by atoms with E-state index < -0.39 is 0 Å². The topological polar surface area (TPSA) is 50.8 Å². The van der Waals surface area contributed by atoms with E-state index >= 15 is 0 Å². The monoisotopic (exact) mass is 312 g/mol. The van der Waals surface area contributed by atoms with Gasteiger partial charge in [0.15, 0.2) is 0 Å². The van der Waals surface area contributed by atoms with E-state index in [4.69, 9.17) is 9.47 Å². The number of nitrogens with one attached hydrogen (secondary N) is 1. The molecule has 22 heavy (non-hydrogen) atoms. The predicted octanol–water partition coefficient (Wildman–Crippen LogP) is 2.79. The number of hydrogen-bond acceptors (Lipinski definition) is 3. The number of likely N-dealkylation sites (tertiary alicyclic amines) is 1. The van der Waals surface area contributed by atoms with E-state index in [-0.39, 0.29) is 12.1 Å². The summed E-state index contributed by atoms with van der Waals surface area (Å²) in [5, 5.41) is 3.25. The van der Waals surface area contributed by atoms with Gasteiger partial charge < -0.3 is 19.7 Å². The van der Waals surface area contributed by atoms with Gasteiger partial charge in [0.05, 0.1) is 19.3 Å². The first-order chi connectivity index (χ1) is 10.7. The number of carbonyl (C=O) groups is 1. The molecular formula is C17H32N2O3. The van der Waals surface area contributed by atoms with Crippen molar-refractivity contribution in [3.63, 3.8) is 0 Å². The molecule has 5 heteroatoms. The second-order valence-corrected chi connectivity index (χ2v) is 6.64. The van der Waals surface area contributed by atoms with Crippen LogP contribution in [0.4, 0.5) is 4.79 Å². The molecule has 2 atom stereocenters. The Labute approximate surface area is 134 Å². The van der Waals surface area contributed by atoms with Gasteiger partial charge in [0.2, 0.25) is 0 Å². The molecule has 0 aromatic carbocycles. The molecule has 1 heterocycles. The summed E-state index contributed by atoms with van der Waals surface area (Å²) >= 11 is 0. The predicted molar refractivity (Wildman–Crippen MR) is 87.0 cm³/mol. The van der Waals surface area contributed by atoms with Gasteiger partial charge in [0.1, 0.15) is 0 Å². The van der Waals surface area contributed by atoms with E-state index in [9.17, 15) is 4.79 Å². The molecule has 0 aromatic heterocycles. The minimum absolute atomic E-state index is 0.122. The second kappa shape index (κ2) is 9.36. The molecule has 0 radical (unpaired) electrons. The van der Waals surface area contributed by atoms with Crippen LogP contribution in [0.3, 0.4) is 0 Å². The number of carbonyl (C=O) groups excluding carboxylic acids is 1. The Morgan fingerprint density at radius 1 is 1.18 bits per heavy atom. The van der Waals surface area contributed by atoms with Crippen molar-refractivity contribution in [1.82, 2.24) is 10.2 Å². The van der Waals surface area contributed by atoms with Gasteiger partial charge in [-0.1, -0.05) is 26.2 Å². The van der Waals surface area contributed by atoms with Gasteiger partial charge in [-0.2, -0.15) is 0 Å². The van der Waals surface area contributed by atoms with Crippen molar-refractivity contribution in [3.8, 4) is 0 Å². The number of piperidine rings is 1. The first kappa shape index (κ1) is 17.5. The highest BCUT2D eigenvalue weighted by molar-refractivity contribution is 5.74.